The Bertz CT molecular complexity index is 461. The molecule has 0 bridgehead atoms. The van der Waals surface area contributed by atoms with Crippen LogP contribution in [0.5, 0.6) is 0 Å². The van der Waals surface area contributed by atoms with Gasteiger partial charge < -0.3 is 16.2 Å². The molecule has 0 aliphatic heterocycles. The monoisotopic (exact) mass is 262 g/mol. The van der Waals surface area contributed by atoms with E-state index in [1.807, 2.05) is 18.2 Å². The molecule has 0 aromatic heterocycles. The van der Waals surface area contributed by atoms with Gasteiger partial charge >= 0.3 is 0 Å². The van der Waals surface area contributed by atoms with Crippen molar-refractivity contribution < 1.29 is 9.90 Å². The van der Waals surface area contributed by atoms with Gasteiger partial charge in [-0.1, -0.05) is 31.9 Å². The molecule has 1 amide bonds. The van der Waals surface area contributed by atoms with E-state index in [1.54, 1.807) is 6.07 Å². The third kappa shape index (κ3) is 3.33. The summed E-state index contributed by atoms with van der Waals surface area (Å²) in [6, 6.07) is 7.21. The normalized spacial score (nSPS) is 27.0. The lowest BCUT2D eigenvalue weighted by Crippen LogP contribution is -2.53. The van der Waals surface area contributed by atoms with E-state index in [9.17, 15) is 4.79 Å². The van der Waals surface area contributed by atoms with Crippen LogP contribution in [0.4, 0.5) is 5.69 Å². The first-order valence-electron chi connectivity index (χ1n) is 6.83. The molecule has 0 radical (unpaired) electrons. The van der Waals surface area contributed by atoms with Crippen molar-refractivity contribution in [3.63, 3.8) is 0 Å². The number of benzene rings is 1. The molecule has 2 atom stereocenters. The number of hydrogen-bond donors (Lipinski definition) is 3. The Morgan fingerprint density at radius 1 is 1.58 bits per heavy atom. The van der Waals surface area contributed by atoms with Crippen LogP contribution in [0.25, 0.3) is 0 Å². The maximum atomic E-state index is 12.3. The van der Waals surface area contributed by atoms with Crippen molar-refractivity contribution in [3.8, 4) is 0 Å². The lowest BCUT2D eigenvalue weighted by Gasteiger charge is -2.35. The first-order valence-corrected chi connectivity index (χ1v) is 6.83. The van der Waals surface area contributed by atoms with Gasteiger partial charge in [-0.05, 0) is 36.5 Å². The van der Waals surface area contributed by atoms with Gasteiger partial charge in [0.05, 0.1) is 12.1 Å². The van der Waals surface area contributed by atoms with E-state index in [-0.39, 0.29) is 12.5 Å². The minimum absolute atomic E-state index is 0.0332. The number of rotatable bonds is 3. The molecule has 2 rings (SSSR count). The number of carbonyl (C=O) groups excluding carboxylic acids is 1. The zero-order valence-corrected chi connectivity index (χ0v) is 11.4. The van der Waals surface area contributed by atoms with Crippen molar-refractivity contribution in [2.24, 2.45) is 11.7 Å². The average molecular weight is 262 g/mol. The lowest BCUT2D eigenvalue weighted by molar-refractivity contribution is -0.122. The van der Waals surface area contributed by atoms with Crippen LogP contribution in [0.15, 0.2) is 24.3 Å². The van der Waals surface area contributed by atoms with Crippen LogP contribution in [0, 0.1) is 5.92 Å². The number of carbonyl (C=O) groups is 1. The molecule has 4 N–H and O–H groups in total. The number of aliphatic hydroxyl groups is 1. The fourth-order valence-corrected chi connectivity index (χ4v) is 2.80. The molecular formula is C15H22N2O2. The minimum Gasteiger partial charge on any atom is -0.392 e. The Morgan fingerprint density at radius 3 is 3.05 bits per heavy atom. The van der Waals surface area contributed by atoms with Gasteiger partial charge in [0.25, 0.3) is 0 Å². The van der Waals surface area contributed by atoms with Crippen molar-refractivity contribution in [1.82, 2.24) is 0 Å². The Labute approximate surface area is 114 Å². The van der Waals surface area contributed by atoms with Gasteiger partial charge in [-0.2, -0.15) is 0 Å². The number of aliphatic hydroxyl groups excluding tert-OH is 1. The molecule has 2 unspecified atom stereocenters. The van der Waals surface area contributed by atoms with Crippen LogP contribution in [0.3, 0.4) is 0 Å². The highest BCUT2D eigenvalue weighted by Gasteiger charge is 2.37. The van der Waals surface area contributed by atoms with Crippen LogP contribution in [0.1, 0.15) is 38.2 Å². The Hall–Kier alpha value is -1.39. The maximum Gasteiger partial charge on any atom is 0.244 e. The predicted molar refractivity (Wildman–Crippen MR) is 75.5 cm³/mol. The average Bonchev–Trinajstić information content (AvgIpc) is 2.38. The van der Waals surface area contributed by atoms with E-state index < -0.39 is 5.54 Å². The molecule has 1 saturated carbocycles. The number of amides is 1. The molecule has 1 aliphatic carbocycles. The second kappa shape index (κ2) is 5.72. The molecule has 1 aliphatic rings. The summed E-state index contributed by atoms with van der Waals surface area (Å²) in [5.74, 6) is 0.377. The Morgan fingerprint density at radius 2 is 2.37 bits per heavy atom. The van der Waals surface area contributed by atoms with Crippen LogP contribution >= 0.6 is 0 Å². The van der Waals surface area contributed by atoms with Gasteiger partial charge in [0, 0.05) is 5.69 Å². The van der Waals surface area contributed by atoms with Crippen LogP contribution in [-0.2, 0) is 11.4 Å². The summed E-state index contributed by atoms with van der Waals surface area (Å²) < 4.78 is 0. The Kier molecular flexibility index (Phi) is 4.22. The summed E-state index contributed by atoms with van der Waals surface area (Å²) in [4.78, 5) is 12.3. The molecule has 1 fully saturated rings. The fraction of sp³-hybridized carbons (Fsp3) is 0.533. The number of nitrogens with two attached hydrogens (primary N) is 1. The van der Waals surface area contributed by atoms with Crippen LogP contribution in [-0.4, -0.2) is 16.6 Å². The van der Waals surface area contributed by atoms with Gasteiger partial charge in [0.1, 0.15) is 0 Å². The second-order valence-corrected chi connectivity index (χ2v) is 5.67. The smallest absolute Gasteiger partial charge is 0.244 e. The molecule has 0 heterocycles. The van der Waals surface area contributed by atoms with Crippen molar-refractivity contribution in [2.75, 3.05) is 5.32 Å². The standard InChI is InChI=1S/C15H22N2O2/c1-11-4-3-7-15(16,9-11)14(19)17-13-6-2-5-12(8-13)10-18/h2,5-6,8,11,18H,3-4,7,9-10,16H2,1H3,(H,17,19). The second-order valence-electron chi connectivity index (χ2n) is 5.67. The zero-order chi connectivity index (χ0) is 13.9. The SMILES string of the molecule is CC1CCCC(N)(C(=O)Nc2cccc(CO)c2)C1. The topological polar surface area (TPSA) is 75.4 Å². The molecule has 19 heavy (non-hydrogen) atoms. The van der Waals surface area contributed by atoms with Gasteiger partial charge in [-0.25, -0.2) is 0 Å². The van der Waals surface area contributed by atoms with Crippen molar-refractivity contribution in [3.05, 3.63) is 29.8 Å². The molecule has 0 saturated heterocycles. The van der Waals surface area contributed by atoms with Gasteiger partial charge in [0.2, 0.25) is 5.91 Å². The summed E-state index contributed by atoms with van der Waals surface area (Å²) in [6.45, 7) is 2.11. The summed E-state index contributed by atoms with van der Waals surface area (Å²) in [7, 11) is 0. The first-order chi connectivity index (χ1) is 9.03. The van der Waals surface area contributed by atoms with E-state index in [0.29, 0.717) is 11.6 Å². The summed E-state index contributed by atoms with van der Waals surface area (Å²) in [5.41, 5.74) is 6.97. The summed E-state index contributed by atoms with van der Waals surface area (Å²) in [6.07, 6.45) is 3.62. The first kappa shape index (κ1) is 14.0. The highest BCUT2D eigenvalue weighted by molar-refractivity contribution is 5.98. The Balaban J connectivity index is 2.07. The van der Waals surface area contributed by atoms with Gasteiger partial charge in [-0.15, -0.1) is 0 Å². The number of hydrogen-bond acceptors (Lipinski definition) is 3. The van der Waals surface area contributed by atoms with Crippen LogP contribution < -0.4 is 11.1 Å². The summed E-state index contributed by atoms with van der Waals surface area (Å²) >= 11 is 0. The highest BCUT2D eigenvalue weighted by atomic mass is 16.3. The van der Waals surface area contributed by atoms with Crippen molar-refractivity contribution in [1.29, 1.82) is 0 Å². The largest absolute Gasteiger partial charge is 0.392 e. The van der Waals surface area contributed by atoms with Crippen LogP contribution in [0.2, 0.25) is 0 Å². The van der Waals surface area contributed by atoms with E-state index >= 15 is 0 Å². The molecular weight excluding hydrogens is 240 g/mol. The van der Waals surface area contributed by atoms with E-state index in [2.05, 4.69) is 12.2 Å². The number of nitrogens with one attached hydrogen (secondary N) is 1. The maximum absolute atomic E-state index is 12.3. The molecule has 1 aromatic carbocycles. The zero-order valence-electron chi connectivity index (χ0n) is 11.4. The summed E-state index contributed by atoms with van der Waals surface area (Å²) in [5, 5.41) is 12.0. The molecule has 0 spiro atoms. The molecule has 4 heteroatoms. The fourth-order valence-electron chi connectivity index (χ4n) is 2.80. The molecule has 1 aromatic rings. The van der Waals surface area contributed by atoms with Gasteiger partial charge in [-0.3, -0.25) is 4.79 Å². The predicted octanol–water partition coefficient (Wildman–Crippen LogP) is 2.02. The van der Waals surface area contributed by atoms with E-state index in [4.69, 9.17) is 10.8 Å². The van der Waals surface area contributed by atoms with E-state index in [0.717, 1.165) is 31.2 Å². The lowest BCUT2D eigenvalue weighted by atomic mass is 9.76. The highest BCUT2D eigenvalue weighted by Crippen LogP contribution is 2.31. The number of anilines is 1. The van der Waals surface area contributed by atoms with E-state index in [1.165, 1.54) is 0 Å². The third-order valence-electron chi connectivity index (χ3n) is 3.85. The molecule has 4 nitrogen and oxygen atoms in total. The van der Waals surface area contributed by atoms with Crippen molar-refractivity contribution >= 4 is 11.6 Å². The van der Waals surface area contributed by atoms with Crippen molar-refractivity contribution in [2.45, 2.75) is 44.8 Å². The minimum atomic E-state index is -0.757. The third-order valence-corrected chi connectivity index (χ3v) is 3.85. The van der Waals surface area contributed by atoms with Gasteiger partial charge in [0.15, 0.2) is 0 Å². The molecule has 104 valence electrons. The quantitative estimate of drug-likeness (QED) is 0.780.